The summed E-state index contributed by atoms with van der Waals surface area (Å²) in [4.78, 5) is 52.0. The maximum Gasteiger partial charge on any atom is 0.258 e. The molecule has 220 valence electrons. The summed E-state index contributed by atoms with van der Waals surface area (Å²) >= 11 is 0. The number of aryl methyl sites for hydroxylation is 3. The first-order chi connectivity index (χ1) is 20.3. The average Bonchev–Trinajstić information content (AvgIpc) is 3.50. The van der Waals surface area contributed by atoms with E-state index in [4.69, 9.17) is 0 Å². The quantitative estimate of drug-likeness (QED) is 0.283. The fourth-order valence-corrected chi connectivity index (χ4v) is 6.14. The molecule has 0 unspecified atom stereocenters. The van der Waals surface area contributed by atoms with Gasteiger partial charge in [-0.05, 0) is 64.8 Å². The first kappa shape index (κ1) is 29.9. The zero-order valence-corrected chi connectivity index (χ0v) is 25.9. The minimum absolute atomic E-state index is 0.292. The van der Waals surface area contributed by atoms with Crippen LogP contribution < -0.4 is 9.80 Å². The third kappa shape index (κ3) is 5.05. The van der Waals surface area contributed by atoms with Crippen LogP contribution in [0.1, 0.15) is 80.5 Å². The van der Waals surface area contributed by atoms with E-state index in [0.717, 1.165) is 44.6 Å². The average molecular weight is 575 g/mol. The maximum atomic E-state index is 12.5. The smallest absolute Gasteiger partial charge is 0.258 e. The van der Waals surface area contributed by atoms with Crippen molar-refractivity contribution in [1.82, 2.24) is 0 Å². The zero-order valence-electron chi connectivity index (χ0n) is 25.9. The lowest BCUT2D eigenvalue weighted by atomic mass is 9.73. The van der Waals surface area contributed by atoms with Gasteiger partial charge in [-0.3, -0.25) is 19.2 Å². The molecule has 0 aromatic heterocycles. The number of imide groups is 2. The Hall–Kier alpha value is -4.58. The van der Waals surface area contributed by atoms with Crippen molar-refractivity contribution in [1.29, 1.82) is 0 Å². The van der Waals surface area contributed by atoms with Crippen LogP contribution in [-0.4, -0.2) is 23.6 Å². The monoisotopic (exact) mass is 574 g/mol. The molecule has 0 spiro atoms. The van der Waals surface area contributed by atoms with E-state index in [0.29, 0.717) is 18.5 Å². The van der Waals surface area contributed by atoms with Gasteiger partial charge < -0.3 is 0 Å². The Morgan fingerprint density at radius 2 is 0.930 bits per heavy atom. The number of benzene rings is 3. The van der Waals surface area contributed by atoms with Crippen molar-refractivity contribution in [2.45, 2.75) is 72.1 Å². The van der Waals surface area contributed by atoms with Crippen molar-refractivity contribution >= 4 is 35.0 Å². The Kier molecular flexibility index (Phi) is 7.59. The van der Waals surface area contributed by atoms with Gasteiger partial charge in [0.1, 0.15) is 0 Å². The van der Waals surface area contributed by atoms with Crippen LogP contribution in [0.3, 0.4) is 0 Å². The third-order valence-corrected chi connectivity index (χ3v) is 9.08. The number of nitrogens with zero attached hydrogens (tertiary/aromatic N) is 2. The van der Waals surface area contributed by atoms with E-state index < -0.39 is 0 Å². The van der Waals surface area contributed by atoms with Gasteiger partial charge in [-0.15, -0.1) is 0 Å². The lowest BCUT2D eigenvalue weighted by Gasteiger charge is -2.31. The van der Waals surface area contributed by atoms with Gasteiger partial charge >= 0.3 is 0 Å². The molecule has 43 heavy (non-hydrogen) atoms. The third-order valence-electron chi connectivity index (χ3n) is 9.08. The standard InChI is InChI=1S/C37H38N2O4/c1-8-24-21-29(22-25(9-2)35(24)39-33(42)18-19-34(39)43)37(6,7)27-12-10-26(11-13-27)36(4,5)28-14-15-30(23(3)20-28)38-31(40)16-17-32(38)41/h10-22H,8-9H2,1-7H3. The molecule has 0 radical (unpaired) electrons. The molecule has 0 saturated heterocycles. The van der Waals surface area contributed by atoms with Gasteiger partial charge in [0, 0.05) is 35.1 Å². The van der Waals surface area contributed by atoms with Crippen LogP contribution in [0.25, 0.3) is 0 Å². The second-order valence-corrected chi connectivity index (χ2v) is 12.4. The fraction of sp³-hybridized carbons (Fsp3) is 0.297. The van der Waals surface area contributed by atoms with E-state index in [2.05, 4.69) is 84.0 Å². The highest BCUT2D eigenvalue weighted by Crippen LogP contribution is 2.40. The highest BCUT2D eigenvalue weighted by molar-refractivity contribution is 6.29. The fourth-order valence-electron chi connectivity index (χ4n) is 6.14. The summed E-state index contributed by atoms with van der Waals surface area (Å²) in [5.41, 5.74) is 8.04. The first-order valence-electron chi connectivity index (χ1n) is 14.8. The molecular weight excluding hydrogens is 536 g/mol. The molecule has 2 aliphatic rings. The largest absolute Gasteiger partial charge is 0.269 e. The number of hydrogen-bond acceptors (Lipinski definition) is 4. The van der Waals surface area contributed by atoms with Crippen LogP contribution in [0.2, 0.25) is 0 Å². The topological polar surface area (TPSA) is 74.8 Å². The van der Waals surface area contributed by atoms with Gasteiger partial charge in [-0.1, -0.05) is 90.1 Å². The van der Waals surface area contributed by atoms with Crippen molar-refractivity contribution < 1.29 is 19.2 Å². The predicted molar refractivity (Wildman–Crippen MR) is 170 cm³/mol. The van der Waals surface area contributed by atoms with Crippen molar-refractivity contribution in [3.8, 4) is 0 Å². The Bertz CT molecular complexity index is 1660. The van der Waals surface area contributed by atoms with Crippen LogP contribution in [0.5, 0.6) is 0 Å². The Morgan fingerprint density at radius 3 is 1.35 bits per heavy atom. The molecule has 6 nitrogen and oxygen atoms in total. The van der Waals surface area contributed by atoms with Crippen molar-refractivity contribution in [3.05, 3.63) is 118 Å². The summed E-state index contributed by atoms with van der Waals surface area (Å²) < 4.78 is 0. The van der Waals surface area contributed by atoms with Crippen molar-refractivity contribution in [2.24, 2.45) is 0 Å². The van der Waals surface area contributed by atoms with Crippen LogP contribution in [0.4, 0.5) is 11.4 Å². The summed E-state index contributed by atoms with van der Waals surface area (Å²) in [5.74, 6) is -1.22. The number of anilines is 2. The number of carbonyl (C=O) groups excluding carboxylic acids is 4. The van der Waals surface area contributed by atoms with Gasteiger partial charge in [0.25, 0.3) is 23.6 Å². The second kappa shape index (κ2) is 10.9. The molecule has 4 amide bonds. The summed E-state index contributed by atoms with van der Waals surface area (Å²) in [6.07, 6.45) is 6.68. The van der Waals surface area contributed by atoms with Crippen LogP contribution in [0.15, 0.2) is 78.9 Å². The SMILES string of the molecule is CCc1cc(C(C)(C)c2ccc(C(C)(C)c3ccc(N4C(=O)C=CC4=O)c(C)c3)cc2)cc(CC)c1N1C(=O)C=CC1=O. The second-order valence-electron chi connectivity index (χ2n) is 12.4. The van der Waals surface area contributed by atoms with Crippen LogP contribution >= 0.6 is 0 Å². The van der Waals surface area contributed by atoms with E-state index in [1.165, 1.54) is 34.1 Å². The molecule has 2 heterocycles. The highest BCUT2D eigenvalue weighted by atomic mass is 16.2. The summed E-state index contributed by atoms with van der Waals surface area (Å²) in [7, 11) is 0. The number of rotatable bonds is 8. The van der Waals surface area contributed by atoms with Crippen LogP contribution in [-0.2, 0) is 42.8 Å². The molecule has 0 saturated carbocycles. The van der Waals surface area contributed by atoms with E-state index >= 15 is 0 Å². The molecule has 0 N–H and O–H groups in total. The highest BCUT2D eigenvalue weighted by Gasteiger charge is 2.33. The number of carbonyl (C=O) groups is 4. The molecule has 0 aliphatic carbocycles. The summed E-state index contributed by atoms with van der Waals surface area (Å²) in [5, 5.41) is 0. The van der Waals surface area contributed by atoms with Gasteiger partial charge in [-0.25, -0.2) is 9.80 Å². The molecule has 3 aromatic rings. The lowest BCUT2D eigenvalue weighted by molar-refractivity contribution is -0.121. The maximum absolute atomic E-state index is 12.5. The van der Waals surface area contributed by atoms with Gasteiger partial charge in [-0.2, -0.15) is 0 Å². The molecule has 3 aromatic carbocycles. The first-order valence-corrected chi connectivity index (χ1v) is 14.8. The van der Waals surface area contributed by atoms with E-state index in [1.54, 1.807) is 0 Å². The Labute approximate surface area is 253 Å². The molecular formula is C37H38N2O4. The van der Waals surface area contributed by atoms with Crippen molar-refractivity contribution in [3.63, 3.8) is 0 Å². The number of amides is 4. The van der Waals surface area contributed by atoms with E-state index in [-0.39, 0.29) is 34.5 Å². The Morgan fingerprint density at radius 1 is 0.535 bits per heavy atom. The Balaban J connectivity index is 1.46. The van der Waals surface area contributed by atoms with Gasteiger partial charge in [0.15, 0.2) is 0 Å². The minimum Gasteiger partial charge on any atom is -0.269 e. The minimum atomic E-state index is -0.326. The van der Waals surface area contributed by atoms with Crippen LogP contribution in [0, 0.1) is 6.92 Å². The summed E-state index contributed by atoms with van der Waals surface area (Å²) in [6, 6.07) is 18.9. The molecule has 0 fully saturated rings. The van der Waals surface area contributed by atoms with E-state index in [1.807, 2.05) is 19.1 Å². The molecule has 0 atom stereocenters. The molecule has 6 heteroatoms. The molecule has 0 bridgehead atoms. The summed E-state index contributed by atoms with van der Waals surface area (Å²) in [6.45, 7) is 14.8. The zero-order chi connectivity index (χ0) is 31.3. The molecule has 5 rings (SSSR count). The number of hydrogen-bond donors (Lipinski definition) is 0. The lowest BCUT2D eigenvalue weighted by Crippen LogP contribution is -2.32. The molecule has 2 aliphatic heterocycles. The normalized spacial score (nSPS) is 15.4. The van der Waals surface area contributed by atoms with Gasteiger partial charge in [0.2, 0.25) is 0 Å². The van der Waals surface area contributed by atoms with E-state index in [9.17, 15) is 19.2 Å². The van der Waals surface area contributed by atoms with Crippen molar-refractivity contribution in [2.75, 3.05) is 9.80 Å². The van der Waals surface area contributed by atoms with Gasteiger partial charge in [0.05, 0.1) is 11.4 Å². The predicted octanol–water partition coefficient (Wildman–Crippen LogP) is 6.63.